The minimum atomic E-state index is -0.473. The van der Waals surface area contributed by atoms with Crippen molar-refractivity contribution in [2.45, 2.75) is 25.8 Å². The number of nitro groups is 1. The fourth-order valence-electron chi connectivity index (χ4n) is 2.59. The van der Waals surface area contributed by atoms with Crippen LogP contribution in [0.2, 0.25) is 0 Å². The van der Waals surface area contributed by atoms with Crippen LogP contribution in [0.5, 0.6) is 0 Å². The van der Waals surface area contributed by atoms with Crippen LogP contribution in [0.3, 0.4) is 0 Å². The number of nitro benzene ring substituents is 1. The first-order chi connectivity index (χ1) is 9.61. The van der Waals surface area contributed by atoms with Crippen LogP contribution >= 0.6 is 0 Å². The molecule has 0 aromatic heterocycles. The van der Waals surface area contributed by atoms with E-state index in [-0.39, 0.29) is 11.6 Å². The van der Waals surface area contributed by atoms with Crippen LogP contribution in [-0.2, 0) is 0 Å². The number of carbonyl (C=O) groups excluding carboxylic acids is 1. The number of carbonyl (C=O) groups is 1. The fraction of sp³-hybridized carbons (Fsp3) is 0.500. The van der Waals surface area contributed by atoms with Crippen molar-refractivity contribution in [1.82, 2.24) is 10.2 Å². The molecule has 1 aliphatic heterocycles. The molecule has 0 saturated carbocycles. The Labute approximate surface area is 117 Å². The molecule has 1 atom stereocenters. The Balaban J connectivity index is 1.90. The summed E-state index contributed by atoms with van der Waals surface area (Å²) in [5.74, 6) is -0.178. The second-order valence-electron chi connectivity index (χ2n) is 4.94. The highest BCUT2D eigenvalue weighted by Gasteiger charge is 2.23. The first kappa shape index (κ1) is 14.5. The molecule has 1 fully saturated rings. The molecule has 1 heterocycles. The predicted octanol–water partition coefficient (Wildman–Crippen LogP) is 1.81. The van der Waals surface area contributed by atoms with E-state index in [2.05, 4.69) is 17.1 Å². The topological polar surface area (TPSA) is 75.5 Å². The summed E-state index contributed by atoms with van der Waals surface area (Å²) in [5.41, 5.74) is 0.450. The Morgan fingerprint density at radius 1 is 1.45 bits per heavy atom. The average Bonchev–Trinajstić information content (AvgIpc) is 2.92. The van der Waals surface area contributed by atoms with Crippen LogP contribution in [0, 0.1) is 10.1 Å². The van der Waals surface area contributed by atoms with Crippen molar-refractivity contribution in [1.29, 1.82) is 0 Å². The van der Waals surface area contributed by atoms with E-state index >= 15 is 0 Å². The summed E-state index contributed by atoms with van der Waals surface area (Å²) in [5, 5.41) is 13.5. The number of hydrogen-bond acceptors (Lipinski definition) is 4. The number of benzene rings is 1. The first-order valence-corrected chi connectivity index (χ1v) is 6.88. The van der Waals surface area contributed by atoms with E-state index in [9.17, 15) is 14.9 Å². The average molecular weight is 277 g/mol. The van der Waals surface area contributed by atoms with Gasteiger partial charge in [0.25, 0.3) is 11.6 Å². The van der Waals surface area contributed by atoms with E-state index < -0.39 is 4.92 Å². The maximum Gasteiger partial charge on any atom is 0.269 e. The standard InChI is InChI=1S/C14H19N3O3/c1-2-16-9-3-4-13(16)10-15-14(18)11-5-7-12(8-6-11)17(19)20/h5-8,13H,2-4,9-10H2,1H3,(H,15,18)/t13-/m0/s1. The predicted molar refractivity (Wildman–Crippen MR) is 75.7 cm³/mol. The number of non-ortho nitro benzene ring substituents is 1. The summed E-state index contributed by atoms with van der Waals surface area (Å²) in [6.07, 6.45) is 2.28. The number of rotatable bonds is 5. The van der Waals surface area contributed by atoms with Crippen LogP contribution in [0.4, 0.5) is 5.69 Å². The molecule has 0 radical (unpaired) electrons. The number of nitrogens with one attached hydrogen (secondary N) is 1. The van der Waals surface area contributed by atoms with E-state index in [0.29, 0.717) is 18.2 Å². The third-order valence-corrected chi connectivity index (χ3v) is 3.74. The van der Waals surface area contributed by atoms with Crippen LogP contribution in [-0.4, -0.2) is 41.4 Å². The number of likely N-dealkylation sites (N-methyl/N-ethyl adjacent to an activating group) is 1. The monoisotopic (exact) mass is 277 g/mol. The maximum atomic E-state index is 12.0. The summed E-state index contributed by atoms with van der Waals surface area (Å²) in [6, 6.07) is 6.08. The van der Waals surface area contributed by atoms with Crippen molar-refractivity contribution in [3.63, 3.8) is 0 Å². The Bertz CT molecular complexity index is 487. The zero-order valence-corrected chi connectivity index (χ0v) is 11.5. The van der Waals surface area contributed by atoms with E-state index in [4.69, 9.17) is 0 Å². The van der Waals surface area contributed by atoms with Gasteiger partial charge in [0, 0.05) is 30.3 Å². The Morgan fingerprint density at radius 2 is 2.15 bits per heavy atom. The smallest absolute Gasteiger partial charge is 0.269 e. The van der Waals surface area contributed by atoms with E-state index in [1.165, 1.54) is 30.7 Å². The zero-order chi connectivity index (χ0) is 14.5. The second kappa shape index (κ2) is 6.47. The highest BCUT2D eigenvalue weighted by Crippen LogP contribution is 2.16. The molecule has 0 spiro atoms. The van der Waals surface area contributed by atoms with Crippen molar-refractivity contribution in [3.05, 3.63) is 39.9 Å². The molecular weight excluding hydrogens is 258 g/mol. The molecule has 6 nitrogen and oxygen atoms in total. The lowest BCUT2D eigenvalue weighted by molar-refractivity contribution is -0.384. The molecule has 2 rings (SSSR count). The third kappa shape index (κ3) is 3.33. The van der Waals surface area contributed by atoms with Crippen LogP contribution in [0.15, 0.2) is 24.3 Å². The molecule has 6 heteroatoms. The zero-order valence-electron chi connectivity index (χ0n) is 11.5. The van der Waals surface area contributed by atoms with Gasteiger partial charge >= 0.3 is 0 Å². The van der Waals surface area contributed by atoms with Gasteiger partial charge in [-0.3, -0.25) is 19.8 Å². The lowest BCUT2D eigenvalue weighted by Gasteiger charge is -2.22. The number of hydrogen-bond donors (Lipinski definition) is 1. The quantitative estimate of drug-likeness (QED) is 0.658. The van der Waals surface area contributed by atoms with Gasteiger partial charge in [-0.2, -0.15) is 0 Å². The molecule has 0 aliphatic carbocycles. The van der Waals surface area contributed by atoms with Crippen LogP contribution in [0.25, 0.3) is 0 Å². The van der Waals surface area contributed by atoms with E-state index in [0.717, 1.165) is 19.5 Å². The van der Waals surface area contributed by atoms with Crippen molar-refractivity contribution in [3.8, 4) is 0 Å². The summed E-state index contributed by atoms with van der Waals surface area (Å²) >= 11 is 0. The largest absolute Gasteiger partial charge is 0.350 e. The highest BCUT2D eigenvalue weighted by atomic mass is 16.6. The summed E-state index contributed by atoms with van der Waals surface area (Å²) in [4.78, 5) is 24.4. The van der Waals surface area contributed by atoms with Gasteiger partial charge in [0.2, 0.25) is 0 Å². The van der Waals surface area contributed by atoms with Gasteiger partial charge in [-0.1, -0.05) is 6.92 Å². The molecule has 0 unspecified atom stereocenters. The first-order valence-electron chi connectivity index (χ1n) is 6.88. The van der Waals surface area contributed by atoms with Crippen molar-refractivity contribution < 1.29 is 9.72 Å². The molecule has 1 saturated heterocycles. The molecule has 108 valence electrons. The molecule has 1 N–H and O–H groups in total. The van der Waals surface area contributed by atoms with Gasteiger partial charge in [-0.15, -0.1) is 0 Å². The van der Waals surface area contributed by atoms with Crippen LogP contribution in [0.1, 0.15) is 30.1 Å². The molecule has 1 aromatic carbocycles. The Hall–Kier alpha value is -1.95. The lowest BCUT2D eigenvalue weighted by atomic mass is 10.1. The Morgan fingerprint density at radius 3 is 2.75 bits per heavy atom. The van der Waals surface area contributed by atoms with Gasteiger partial charge in [0.15, 0.2) is 0 Å². The van der Waals surface area contributed by atoms with Crippen molar-refractivity contribution in [2.24, 2.45) is 0 Å². The number of amides is 1. The number of nitrogens with zero attached hydrogens (tertiary/aromatic N) is 2. The van der Waals surface area contributed by atoms with Crippen LogP contribution < -0.4 is 5.32 Å². The molecular formula is C14H19N3O3. The van der Waals surface area contributed by atoms with Gasteiger partial charge in [0.05, 0.1) is 4.92 Å². The molecule has 1 aliphatic rings. The summed E-state index contributed by atoms with van der Waals surface area (Å²) < 4.78 is 0. The van der Waals surface area contributed by atoms with Crippen molar-refractivity contribution >= 4 is 11.6 Å². The fourth-order valence-corrected chi connectivity index (χ4v) is 2.59. The normalized spacial score (nSPS) is 18.9. The van der Waals surface area contributed by atoms with E-state index in [1.807, 2.05) is 0 Å². The molecule has 1 aromatic rings. The van der Waals surface area contributed by atoms with Gasteiger partial charge < -0.3 is 5.32 Å². The van der Waals surface area contributed by atoms with Gasteiger partial charge in [-0.25, -0.2) is 0 Å². The SMILES string of the molecule is CCN1CCC[C@H]1CNC(=O)c1ccc([N+](=O)[O-])cc1. The maximum absolute atomic E-state index is 12.0. The molecule has 1 amide bonds. The van der Waals surface area contributed by atoms with Gasteiger partial charge in [0.1, 0.15) is 0 Å². The molecule has 0 bridgehead atoms. The summed E-state index contributed by atoms with van der Waals surface area (Å²) in [7, 11) is 0. The van der Waals surface area contributed by atoms with Gasteiger partial charge in [-0.05, 0) is 38.1 Å². The van der Waals surface area contributed by atoms with E-state index in [1.54, 1.807) is 0 Å². The minimum absolute atomic E-state index is 0.00509. The second-order valence-corrected chi connectivity index (χ2v) is 4.94. The van der Waals surface area contributed by atoms with Crippen molar-refractivity contribution in [2.75, 3.05) is 19.6 Å². The summed E-state index contributed by atoms with van der Waals surface area (Å²) in [6.45, 7) is 4.84. The number of likely N-dealkylation sites (tertiary alicyclic amines) is 1. The lowest BCUT2D eigenvalue weighted by Crippen LogP contribution is -2.40. The Kier molecular flexibility index (Phi) is 4.68. The minimum Gasteiger partial charge on any atom is -0.350 e. The molecule has 20 heavy (non-hydrogen) atoms. The highest BCUT2D eigenvalue weighted by molar-refractivity contribution is 5.94. The third-order valence-electron chi connectivity index (χ3n) is 3.74.